The van der Waals surface area contributed by atoms with E-state index in [1.165, 1.54) is 24.4 Å². The summed E-state index contributed by atoms with van der Waals surface area (Å²) in [6.07, 6.45) is 1.27. The minimum atomic E-state index is -4.15. The molecule has 3 rings (SSSR count). The first-order chi connectivity index (χ1) is 12.7. The Balaban J connectivity index is 1.89. The largest absolute Gasteiger partial charge is 0.326 e. The number of carbonyl (C=O) groups excluding carboxylic acids is 1. The molecule has 7 nitrogen and oxygen atoms in total. The summed E-state index contributed by atoms with van der Waals surface area (Å²) < 4.78 is 38.0. The number of nitrogens with zero attached hydrogens (tertiary/aromatic N) is 2. The molecule has 27 heavy (non-hydrogen) atoms. The van der Waals surface area contributed by atoms with Crippen LogP contribution in [0, 0.1) is 5.95 Å². The van der Waals surface area contributed by atoms with Crippen LogP contribution in [0.4, 0.5) is 10.1 Å². The summed E-state index contributed by atoms with van der Waals surface area (Å²) in [5.41, 5.74) is 0.907. The van der Waals surface area contributed by atoms with E-state index in [4.69, 9.17) is 16.7 Å². The molecule has 0 saturated heterocycles. The minimum absolute atomic E-state index is 0.0104. The number of rotatable bonds is 5. The first kappa shape index (κ1) is 19.0. The molecule has 1 heterocycles. The Kier molecular flexibility index (Phi) is 5.26. The lowest BCUT2D eigenvalue weighted by Crippen LogP contribution is -2.18. The molecule has 140 valence electrons. The number of sulfonamides is 1. The van der Waals surface area contributed by atoms with E-state index in [-0.39, 0.29) is 28.6 Å². The molecule has 0 spiro atoms. The van der Waals surface area contributed by atoms with Crippen LogP contribution in [-0.4, -0.2) is 24.1 Å². The van der Waals surface area contributed by atoms with E-state index in [2.05, 4.69) is 10.4 Å². The van der Waals surface area contributed by atoms with Gasteiger partial charge in [0.05, 0.1) is 12.1 Å². The molecule has 1 amide bonds. The Hall–Kier alpha value is -2.75. The first-order valence-corrected chi connectivity index (χ1v) is 9.58. The van der Waals surface area contributed by atoms with E-state index < -0.39 is 16.0 Å². The molecule has 0 aliphatic heterocycles. The van der Waals surface area contributed by atoms with Crippen molar-refractivity contribution in [2.24, 2.45) is 5.14 Å². The van der Waals surface area contributed by atoms with E-state index in [1.807, 2.05) is 0 Å². The highest BCUT2D eigenvalue weighted by Gasteiger charge is 2.18. The third-order valence-electron chi connectivity index (χ3n) is 3.66. The van der Waals surface area contributed by atoms with Gasteiger partial charge >= 0.3 is 0 Å². The smallest absolute Gasteiger partial charge is 0.240 e. The Morgan fingerprint density at radius 3 is 2.59 bits per heavy atom. The zero-order valence-electron chi connectivity index (χ0n) is 13.8. The van der Waals surface area contributed by atoms with Crippen molar-refractivity contribution in [2.45, 2.75) is 11.3 Å². The lowest BCUT2D eigenvalue weighted by Gasteiger charge is -2.11. The molecule has 0 fully saturated rings. The van der Waals surface area contributed by atoms with Gasteiger partial charge in [0.25, 0.3) is 0 Å². The van der Waals surface area contributed by atoms with E-state index in [9.17, 15) is 17.6 Å². The van der Waals surface area contributed by atoms with Crippen LogP contribution >= 0.6 is 11.6 Å². The van der Waals surface area contributed by atoms with Gasteiger partial charge in [0.1, 0.15) is 4.90 Å². The molecule has 10 heteroatoms. The lowest BCUT2D eigenvalue weighted by atomic mass is 10.1. The van der Waals surface area contributed by atoms with E-state index in [0.717, 1.165) is 10.7 Å². The third kappa shape index (κ3) is 4.51. The van der Waals surface area contributed by atoms with Gasteiger partial charge in [0, 0.05) is 23.0 Å². The van der Waals surface area contributed by atoms with Crippen LogP contribution < -0.4 is 10.5 Å². The van der Waals surface area contributed by atoms with Crippen molar-refractivity contribution in [1.29, 1.82) is 0 Å². The summed E-state index contributed by atoms with van der Waals surface area (Å²) in [5, 5.41) is 11.8. The second-order valence-electron chi connectivity index (χ2n) is 5.63. The van der Waals surface area contributed by atoms with E-state index >= 15 is 0 Å². The normalized spacial score (nSPS) is 11.4. The number of hydrogen-bond donors (Lipinski definition) is 2. The van der Waals surface area contributed by atoms with Gasteiger partial charge in [0.15, 0.2) is 0 Å². The van der Waals surface area contributed by atoms with Crippen molar-refractivity contribution < 1.29 is 17.6 Å². The van der Waals surface area contributed by atoms with Crippen molar-refractivity contribution in [3.63, 3.8) is 0 Å². The summed E-state index contributed by atoms with van der Waals surface area (Å²) in [7, 11) is -4.15. The highest BCUT2D eigenvalue weighted by atomic mass is 35.5. The summed E-state index contributed by atoms with van der Waals surface area (Å²) in [6.45, 7) is 0. The Morgan fingerprint density at radius 1 is 1.22 bits per heavy atom. The first-order valence-electron chi connectivity index (χ1n) is 7.66. The predicted octanol–water partition coefficient (Wildman–Crippen LogP) is 2.49. The van der Waals surface area contributed by atoms with Crippen LogP contribution in [0.1, 0.15) is 5.56 Å². The lowest BCUT2D eigenvalue weighted by molar-refractivity contribution is -0.115. The zero-order chi connectivity index (χ0) is 19.6. The van der Waals surface area contributed by atoms with Gasteiger partial charge in [-0.2, -0.15) is 4.39 Å². The van der Waals surface area contributed by atoms with Crippen LogP contribution in [0.3, 0.4) is 0 Å². The van der Waals surface area contributed by atoms with Crippen LogP contribution in [0.25, 0.3) is 5.69 Å². The minimum Gasteiger partial charge on any atom is -0.326 e. The molecule has 0 aliphatic carbocycles. The van der Waals surface area contributed by atoms with Gasteiger partial charge in [-0.3, -0.25) is 4.79 Å². The molecule has 3 aromatic rings. The fourth-order valence-electron chi connectivity index (χ4n) is 2.46. The van der Waals surface area contributed by atoms with Gasteiger partial charge < -0.3 is 5.32 Å². The summed E-state index contributed by atoms with van der Waals surface area (Å²) >= 11 is 6.03. The Labute approximate surface area is 159 Å². The number of carbonyl (C=O) groups is 1. The average Bonchev–Trinajstić information content (AvgIpc) is 3.02. The van der Waals surface area contributed by atoms with Crippen LogP contribution in [0.5, 0.6) is 0 Å². The number of amides is 1. The third-order valence-corrected chi connectivity index (χ3v) is 4.97. The summed E-state index contributed by atoms with van der Waals surface area (Å²) in [4.78, 5) is 11.9. The van der Waals surface area contributed by atoms with E-state index in [0.29, 0.717) is 10.6 Å². The number of nitrogens with one attached hydrogen (secondary N) is 1. The quantitative estimate of drug-likeness (QED) is 0.676. The van der Waals surface area contributed by atoms with Crippen LogP contribution in [0.2, 0.25) is 5.02 Å². The highest BCUT2D eigenvalue weighted by Crippen LogP contribution is 2.23. The topological polar surface area (TPSA) is 107 Å². The fourth-order valence-corrected chi connectivity index (χ4v) is 3.41. The second-order valence-corrected chi connectivity index (χ2v) is 7.56. The van der Waals surface area contributed by atoms with Crippen molar-refractivity contribution in [1.82, 2.24) is 9.78 Å². The van der Waals surface area contributed by atoms with Crippen molar-refractivity contribution in [3.8, 4) is 5.69 Å². The number of primary sulfonamides is 1. The standard InChI is InChI=1S/C17H14ClFN4O3S/c18-13-4-2-1-3-11(13)9-17(24)21-12-5-6-14(15(10-12)27(20,25)26)23-8-7-16(19)22-23/h1-8,10H,9H2,(H,21,24)(H2,20,25,26). The van der Waals surface area contributed by atoms with E-state index in [1.54, 1.807) is 24.3 Å². The van der Waals surface area contributed by atoms with Crippen LogP contribution in [-0.2, 0) is 21.2 Å². The molecule has 0 saturated carbocycles. The monoisotopic (exact) mass is 408 g/mol. The summed E-state index contributed by atoms with van der Waals surface area (Å²) in [6, 6.07) is 12.0. The fraction of sp³-hybridized carbons (Fsp3) is 0.0588. The molecule has 0 aliphatic rings. The number of nitrogens with two attached hydrogens (primary N) is 1. The SMILES string of the molecule is NS(=O)(=O)c1cc(NC(=O)Cc2ccccc2Cl)ccc1-n1ccc(F)n1. The number of halogens is 2. The number of benzene rings is 2. The average molecular weight is 409 g/mol. The molecule has 1 aromatic heterocycles. The van der Waals surface area contributed by atoms with Crippen LogP contribution in [0.15, 0.2) is 59.6 Å². The number of hydrogen-bond acceptors (Lipinski definition) is 4. The molecule has 2 aromatic carbocycles. The molecule has 0 bridgehead atoms. The highest BCUT2D eigenvalue weighted by molar-refractivity contribution is 7.89. The van der Waals surface area contributed by atoms with Gasteiger partial charge in [-0.25, -0.2) is 18.2 Å². The maximum absolute atomic E-state index is 13.2. The molecule has 3 N–H and O–H groups in total. The van der Waals surface area contributed by atoms with Crippen molar-refractivity contribution in [3.05, 3.63) is 71.3 Å². The van der Waals surface area contributed by atoms with Gasteiger partial charge in [-0.15, -0.1) is 5.10 Å². The molecule has 0 unspecified atom stereocenters. The van der Waals surface area contributed by atoms with Crippen molar-refractivity contribution >= 4 is 33.2 Å². The number of anilines is 1. The summed E-state index contributed by atoms with van der Waals surface area (Å²) in [5.74, 6) is -1.16. The molecular formula is C17H14ClFN4O3S. The Bertz CT molecular complexity index is 1110. The van der Waals surface area contributed by atoms with Gasteiger partial charge in [0.2, 0.25) is 21.9 Å². The maximum atomic E-state index is 13.2. The number of aromatic nitrogens is 2. The molecule has 0 atom stereocenters. The Morgan fingerprint density at radius 2 is 1.96 bits per heavy atom. The molecule has 0 radical (unpaired) electrons. The second kappa shape index (κ2) is 7.47. The predicted molar refractivity (Wildman–Crippen MR) is 98.7 cm³/mol. The van der Waals surface area contributed by atoms with Crippen molar-refractivity contribution in [2.75, 3.05) is 5.32 Å². The van der Waals surface area contributed by atoms with Gasteiger partial charge in [-0.1, -0.05) is 29.8 Å². The van der Waals surface area contributed by atoms with Gasteiger partial charge in [-0.05, 0) is 29.8 Å². The molecular weight excluding hydrogens is 395 g/mol. The zero-order valence-corrected chi connectivity index (χ0v) is 15.3. The maximum Gasteiger partial charge on any atom is 0.240 e.